The number of benzene rings is 1. The lowest BCUT2D eigenvalue weighted by atomic mass is 9.89. The molecular formula is C15H17FO5. The van der Waals surface area contributed by atoms with Gasteiger partial charge in [-0.05, 0) is 18.8 Å². The van der Waals surface area contributed by atoms with Crippen LogP contribution in [0.4, 0.5) is 4.39 Å². The van der Waals surface area contributed by atoms with Crippen LogP contribution in [0.3, 0.4) is 0 Å². The molecule has 1 unspecified atom stereocenters. The third-order valence-corrected chi connectivity index (χ3v) is 3.96. The zero-order valence-corrected chi connectivity index (χ0v) is 11.5. The lowest BCUT2D eigenvalue weighted by Crippen LogP contribution is -2.11. The lowest BCUT2D eigenvalue weighted by molar-refractivity contribution is -0.137. The first-order valence-electron chi connectivity index (χ1n) is 7.10. The monoisotopic (exact) mass is 296 g/mol. The smallest absolute Gasteiger partial charge is 0.303 e. The van der Waals surface area contributed by atoms with E-state index in [1.54, 1.807) is 0 Å². The molecule has 0 saturated heterocycles. The van der Waals surface area contributed by atoms with Crippen molar-refractivity contribution in [2.45, 2.75) is 31.6 Å². The maximum Gasteiger partial charge on any atom is 0.303 e. The summed E-state index contributed by atoms with van der Waals surface area (Å²) >= 11 is 0. The average Bonchev–Trinajstić information content (AvgIpc) is 3.24. The second kappa shape index (κ2) is 5.42. The fourth-order valence-corrected chi connectivity index (χ4v) is 2.82. The van der Waals surface area contributed by atoms with Gasteiger partial charge in [0.2, 0.25) is 0 Å². The van der Waals surface area contributed by atoms with Gasteiger partial charge in [-0.15, -0.1) is 0 Å². The fraction of sp³-hybridized carbons (Fsp3) is 0.533. The van der Waals surface area contributed by atoms with Crippen molar-refractivity contribution in [3.63, 3.8) is 0 Å². The molecule has 0 amide bonds. The van der Waals surface area contributed by atoms with Crippen LogP contribution in [0.5, 0.6) is 17.2 Å². The summed E-state index contributed by atoms with van der Waals surface area (Å²) in [5, 5.41) is 19.2. The van der Waals surface area contributed by atoms with Crippen LogP contribution >= 0.6 is 0 Å². The number of carboxylic acid groups (broad SMARTS) is 1. The van der Waals surface area contributed by atoms with E-state index in [1.165, 1.54) is 0 Å². The number of halogens is 1. The van der Waals surface area contributed by atoms with Crippen LogP contribution in [-0.2, 0) is 4.79 Å². The number of phenols is 1. The number of phenolic OH excluding ortho intramolecular Hbond substituents is 1. The lowest BCUT2D eigenvalue weighted by Gasteiger charge is -2.21. The average molecular weight is 296 g/mol. The molecule has 1 aromatic carbocycles. The number of fused-ring (bicyclic) bond motifs is 1. The number of aliphatic carboxylic acids is 1. The van der Waals surface area contributed by atoms with Crippen molar-refractivity contribution >= 4 is 5.97 Å². The Hall–Kier alpha value is -1.98. The molecule has 6 heteroatoms. The highest BCUT2D eigenvalue weighted by atomic mass is 19.1. The van der Waals surface area contributed by atoms with Crippen molar-refractivity contribution < 1.29 is 28.9 Å². The van der Waals surface area contributed by atoms with Crippen LogP contribution in [-0.4, -0.2) is 29.4 Å². The molecule has 0 bridgehead atoms. The quantitative estimate of drug-likeness (QED) is 0.893. The van der Waals surface area contributed by atoms with Crippen molar-refractivity contribution in [1.29, 1.82) is 0 Å². The van der Waals surface area contributed by atoms with Crippen molar-refractivity contribution in [1.82, 2.24) is 0 Å². The van der Waals surface area contributed by atoms with Crippen molar-refractivity contribution in [3.8, 4) is 17.2 Å². The largest absolute Gasteiger partial charge is 0.505 e. The van der Waals surface area contributed by atoms with E-state index >= 15 is 0 Å². The van der Waals surface area contributed by atoms with Crippen molar-refractivity contribution in [3.05, 3.63) is 17.4 Å². The summed E-state index contributed by atoms with van der Waals surface area (Å²) in [5.74, 6) is -2.06. The highest BCUT2D eigenvalue weighted by Crippen LogP contribution is 2.53. The molecule has 21 heavy (non-hydrogen) atoms. The summed E-state index contributed by atoms with van der Waals surface area (Å²) in [7, 11) is 0. The number of ether oxygens (including phenoxy) is 2. The minimum absolute atomic E-state index is 0.143. The van der Waals surface area contributed by atoms with Crippen LogP contribution in [0.1, 0.15) is 37.2 Å². The van der Waals surface area contributed by atoms with Crippen LogP contribution in [0, 0.1) is 11.7 Å². The zero-order chi connectivity index (χ0) is 15.0. The molecule has 3 rings (SSSR count). The second-order valence-electron chi connectivity index (χ2n) is 5.54. The van der Waals surface area contributed by atoms with Gasteiger partial charge in [0.25, 0.3) is 0 Å². The molecule has 1 fully saturated rings. The van der Waals surface area contributed by atoms with E-state index in [0.29, 0.717) is 25.4 Å². The topological polar surface area (TPSA) is 76.0 Å². The molecule has 114 valence electrons. The first-order chi connectivity index (χ1) is 10.1. The highest BCUT2D eigenvalue weighted by Gasteiger charge is 2.39. The maximum atomic E-state index is 13.9. The molecular weight excluding hydrogens is 279 g/mol. The molecule has 5 nitrogen and oxygen atoms in total. The van der Waals surface area contributed by atoms with E-state index < -0.39 is 23.5 Å². The molecule has 1 saturated carbocycles. The van der Waals surface area contributed by atoms with Crippen LogP contribution in [0.25, 0.3) is 0 Å². The number of aromatic hydroxyl groups is 1. The van der Waals surface area contributed by atoms with Gasteiger partial charge in [-0.25, -0.2) is 4.39 Å². The van der Waals surface area contributed by atoms with Gasteiger partial charge in [-0.3, -0.25) is 4.79 Å². The SMILES string of the molecule is O=C(O)CC(c1c(O)c(F)cc2c1OCCCO2)C1CC1. The molecule has 0 radical (unpaired) electrons. The van der Waals surface area contributed by atoms with E-state index in [1.807, 2.05) is 0 Å². The minimum Gasteiger partial charge on any atom is -0.505 e. The summed E-state index contributed by atoms with van der Waals surface area (Å²) < 4.78 is 25.0. The molecule has 0 aromatic heterocycles. The number of hydrogen-bond acceptors (Lipinski definition) is 4. The molecule has 0 spiro atoms. The Morgan fingerprint density at radius 2 is 2.10 bits per heavy atom. The van der Waals surface area contributed by atoms with Gasteiger partial charge in [-0.1, -0.05) is 0 Å². The van der Waals surface area contributed by atoms with E-state index in [4.69, 9.17) is 14.6 Å². The molecule has 1 atom stereocenters. The Bertz CT molecular complexity index is 568. The van der Waals surface area contributed by atoms with Crippen LogP contribution < -0.4 is 9.47 Å². The summed E-state index contributed by atoms with van der Waals surface area (Å²) in [4.78, 5) is 11.1. The van der Waals surface area contributed by atoms with E-state index in [9.17, 15) is 14.3 Å². The van der Waals surface area contributed by atoms with Gasteiger partial charge in [0.05, 0.1) is 19.6 Å². The normalized spacial score (nSPS) is 18.9. The van der Waals surface area contributed by atoms with Crippen molar-refractivity contribution in [2.24, 2.45) is 5.92 Å². The van der Waals surface area contributed by atoms with E-state index in [-0.39, 0.29) is 23.7 Å². The zero-order valence-electron chi connectivity index (χ0n) is 11.5. The van der Waals surface area contributed by atoms with Crippen LogP contribution in [0.15, 0.2) is 6.07 Å². The molecule has 2 N–H and O–H groups in total. The first kappa shape index (κ1) is 14.0. The van der Waals surface area contributed by atoms with Gasteiger partial charge in [0, 0.05) is 24.0 Å². The number of hydrogen-bond donors (Lipinski definition) is 2. The number of rotatable bonds is 4. The molecule has 1 aliphatic carbocycles. The Balaban J connectivity index is 2.10. The molecule has 1 aliphatic heterocycles. The van der Waals surface area contributed by atoms with Gasteiger partial charge < -0.3 is 19.7 Å². The number of carbonyl (C=O) groups is 1. The second-order valence-corrected chi connectivity index (χ2v) is 5.54. The van der Waals surface area contributed by atoms with Gasteiger partial charge in [0.15, 0.2) is 23.1 Å². The fourth-order valence-electron chi connectivity index (χ4n) is 2.82. The summed E-state index contributed by atoms with van der Waals surface area (Å²) in [6.07, 6.45) is 2.26. The predicted octanol–water partition coefficient (Wildman–Crippen LogP) is 2.66. The molecule has 2 aliphatic rings. The molecule has 1 aromatic rings. The Kier molecular flexibility index (Phi) is 3.61. The van der Waals surface area contributed by atoms with E-state index in [0.717, 1.165) is 18.9 Å². The van der Waals surface area contributed by atoms with Gasteiger partial charge >= 0.3 is 5.97 Å². The minimum atomic E-state index is -0.973. The Morgan fingerprint density at radius 1 is 1.38 bits per heavy atom. The highest BCUT2D eigenvalue weighted by molar-refractivity contribution is 5.69. The first-order valence-corrected chi connectivity index (χ1v) is 7.10. The summed E-state index contributed by atoms with van der Waals surface area (Å²) in [6, 6.07) is 1.10. The summed E-state index contributed by atoms with van der Waals surface area (Å²) in [5.41, 5.74) is 0.247. The van der Waals surface area contributed by atoms with Crippen molar-refractivity contribution in [2.75, 3.05) is 13.2 Å². The van der Waals surface area contributed by atoms with Crippen LogP contribution in [0.2, 0.25) is 0 Å². The standard InChI is InChI=1S/C15H17FO5/c16-10-7-11-15(21-5-1-4-20-11)13(14(10)19)9(6-12(17)18)8-2-3-8/h7-9,19H,1-6H2,(H,17,18). The summed E-state index contributed by atoms with van der Waals surface area (Å²) in [6.45, 7) is 0.805. The third-order valence-electron chi connectivity index (χ3n) is 3.96. The maximum absolute atomic E-state index is 13.9. The predicted molar refractivity (Wildman–Crippen MR) is 71.4 cm³/mol. The molecule has 1 heterocycles. The van der Waals surface area contributed by atoms with Gasteiger partial charge in [-0.2, -0.15) is 0 Å². The third kappa shape index (κ3) is 2.75. The Labute approximate surface area is 121 Å². The Morgan fingerprint density at radius 3 is 2.76 bits per heavy atom. The van der Waals surface area contributed by atoms with Gasteiger partial charge in [0.1, 0.15) is 0 Å². The number of carboxylic acids is 1. The van der Waals surface area contributed by atoms with E-state index in [2.05, 4.69) is 0 Å².